The van der Waals surface area contributed by atoms with Crippen LogP contribution in [0.15, 0.2) is 0 Å². The monoisotopic (exact) mass is 328 g/mol. The SMILES string of the molecule is [B]N(CC(C)=O)C1CC(C(=O)NC2CC(C(=O)O)N([B])C2)N([B])C1. The quantitative estimate of drug-likeness (QED) is 0.510. The maximum atomic E-state index is 12.4. The summed E-state index contributed by atoms with van der Waals surface area (Å²) in [6.07, 6.45) is 0.638. The fourth-order valence-corrected chi connectivity index (χ4v) is 3.23. The van der Waals surface area contributed by atoms with Crippen molar-refractivity contribution in [3.8, 4) is 0 Å². The van der Waals surface area contributed by atoms with E-state index in [4.69, 9.17) is 29.1 Å². The van der Waals surface area contributed by atoms with E-state index in [9.17, 15) is 14.4 Å². The molecule has 0 aromatic rings. The third-order valence-electron chi connectivity index (χ3n) is 4.46. The van der Waals surface area contributed by atoms with Gasteiger partial charge in [0, 0.05) is 31.7 Å². The Balaban J connectivity index is 1.89. The van der Waals surface area contributed by atoms with Crippen LogP contribution in [0.4, 0.5) is 0 Å². The lowest BCUT2D eigenvalue weighted by Gasteiger charge is -2.23. The van der Waals surface area contributed by atoms with E-state index >= 15 is 0 Å². The summed E-state index contributed by atoms with van der Waals surface area (Å²) < 4.78 is 0. The minimum Gasteiger partial charge on any atom is -0.480 e. The van der Waals surface area contributed by atoms with Gasteiger partial charge in [0.1, 0.15) is 5.78 Å². The molecular formula is C13H19B3N4O4. The van der Waals surface area contributed by atoms with Gasteiger partial charge in [0.2, 0.25) is 5.91 Å². The number of carbonyl (C=O) groups is 3. The Labute approximate surface area is 145 Å². The summed E-state index contributed by atoms with van der Waals surface area (Å²) in [5.41, 5.74) is 0. The van der Waals surface area contributed by atoms with Gasteiger partial charge in [-0.2, -0.15) is 0 Å². The van der Waals surface area contributed by atoms with Crippen molar-refractivity contribution < 1.29 is 19.5 Å². The van der Waals surface area contributed by atoms with Gasteiger partial charge in [-0.15, -0.1) is 0 Å². The molecule has 4 unspecified atom stereocenters. The lowest BCUT2D eigenvalue weighted by Crippen LogP contribution is -2.46. The van der Waals surface area contributed by atoms with E-state index in [1.165, 1.54) is 21.4 Å². The van der Waals surface area contributed by atoms with E-state index in [1.54, 1.807) is 0 Å². The Morgan fingerprint density at radius 1 is 1.17 bits per heavy atom. The normalized spacial score (nSPS) is 31.4. The molecule has 0 aromatic carbocycles. The highest BCUT2D eigenvalue weighted by Crippen LogP contribution is 2.21. The number of carboxylic acid groups (broad SMARTS) is 1. The summed E-state index contributed by atoms with van der Waals surface area (Å²) in [6, 6.07) is -1.93. The zero-order chi connectivity index (χ0) is 18.0. The molecule has 0 saturated carbocycles. The lowest BCUT2D eigenvalue weighted by molar-refractivity contribution is -0.140. The predicted octanol–water partition coefficient (Wildman–Crippen LogP) is -2.79. The summed E-state index contributed by atoms with van der Waals surface area (Å²) in [6.45, 7) is 2.17. The average molecular weight is 328 g/mol. The van der Waals surface area contributed by atoms with E-state index in [1.807, 2.05) is 0 Å². The summed E-state index contributed by atoms with van der Waals surface area (Å²) in [5, 5.41) is 11.8. The largest absolute Gasteiger partial charge is 0.480 e. The van der Waals surface area contributed by atoms with Gasteiger partial charge < -0.3 is 24.9 Å². The highest BCUT2D eigenvalue weighted by Gasteiger charge is 2.39. The van der Waals surface area contributed by atoms with Crippen LogP contribution in [0.3, 0.4) is 0 Å². The van der Waals surface area contributed by atoms with Crippen molar-refractivity contribution in [2.24, 2.45) is 0 Å². The molecule has 2 saturated heterocycles. The standard InChI is InChI=1S/C13H19B3N4O4/c1-7(21)4-18(14)9-3-10(20(16)6-9)12(22)17-8-2-11(13(23)24)19(15)5-8/h8-11H,2-6H2,1H3,(H,17,22)(H,23,24). The summed E-state index contributed by atoms with van der Waals surface area (Å²) >= 11 is 0. The van der Waals surface area contributed by atoms with Crippen LogP contribution in [-0.4, -0.2) is 105 Å². The van der Waals surface area contributed by atoms with Crippen molar-refractivity contribution in [3.63, 3.8) is 0 Å². The zero-order valence-electron chi connectivity index (χ0n) is 13.6. The summed E-state index contributed by atoms with van der Waals surface area (Å²) in [7, 11) is 17.4. The highest BCUT2D eigenvalue weighted by atomic mass is 16.4. The van der Waals surface area contributed by atoms with E-state index in [-0.39, 0.29) is 43.3 Å². The van der Waals surface area contributed by atoms with Crippen molar-refractivity contribution in [1.29, 1.82) is 0 Å². The average Bonchev–Trinajstić information content (AvgIpc) is 3.01. The summed E-state index contributed by atoms with van der Waals surface area (Å²) in [4.78, 5) is 38.6. The van der Waals surface area contributed by atoms with E-state index in [0.29, 0.717) is 13.0 Å². The second-order valence-electron chi connectivity index (χ2n) is 6.47. The Bertz CT molecular complexity index is 523. The molecule has 8 nitrogen and oxygen atoms in total. The van der Waals surface area contributed by atoms with Gasteiger partial charge in [-0.05, 0) is 19.8 Å². The van der Waals surface area contributed by atoms with Gasteiger partial charge in [0.15, 0.2) is 23.9 Å². The number of amides is 1. The minimum absolute atomic E-state index is 0.0670. The molecule has 0 aromatic heterocycles. The molecule has 124 valence electrons. The first-order valence-electron chi connectivity index (χ1n) is 7.75. The van der Waals surface area contributed by atoms with Crippen molar-refractivity contribution in [3.05, 3.63) is 0 Å². The third-order valence-corrected chi connectivity index (χ3v) is 4.46. The molecule has 2 fully saturated rings. The first-order valence-corrected chi connectivity index (χ1v) is 7.75. The molecule has 11 heteroatoms. The number of carbonyl (C=O) groups excluding carboxylic acids is 2. The molecular weight excluding hydrogens is 309 g/mol. The van der Waals surface area contributed by atoms with Crippen LogP contribution in [0.25, 0.3) is 0 Å². The number of carboxylic acids is 1. The number of aliphatic carboxylic acids is 1. The molecule has 2 aliphatic rings. The molecule has 2 rings (SSSR count). The van der Waals surface area contributed by atoms with Gasteiger partial charge in [0.25, 0.3) is 0 Å². The third kappa shape index (κ3) is 4.40. The number of rotatable bonds is 6. The number of hydrogen-bond acceptors (Lipinski definition) is 6. The van der Waals surface area contributed by atoms with E-state index in [2.05, 4.69) is 5.32 Å². The maximum absolute atomic E-state index is 12.4. The highest BCUT2D eigenvalue weighted by molar-refractivity contribution is 6.08. The van der Waals surface area contributed by atoms with Crippen LogP contribution in [0, 0.1) is 0 Å². The molecule has 24 heavy (non-hydrogen) atoms. The van der Waals surface area contributed by atoms with Crippen LogP contribution >= 0.6 is 0 Å². The second kappa shape index (κ2) is 7.71. The molecule has 0 bridgehead atoms. The van der Waals surface area contributed by atoms with Crippen molar-refractivity contribution in [2.45, 2.75) is 43.9 Å². The van der Waals surface area contributed by atoms with Crippen molar-refractivity contribution in [1.82, 2.24) is 19.7 Å². The van der Waals surface area contributed by atoms with Gasteiger partial charge in [-0.3, -0.25) is 14.4 Å². The number of Topliss-reactive ketones (excluding diaryl/α,β-unsaturated/α-hetero) is 1. The van der Waals surface area contributed by atoms with Crippen LogP contribution in [-0.2, 0) is 14.4 Å². The van der Waals surface area contributed by atoms with Gasteiger partial charge in [-0.1, -0.05) is 0 Å². The zero-order valence-corrected chi connectivity index (χ0v) is 13.6. The molecule has 0 aliphatic carbocycles. The van der Waals surface area contributed by atoms with Gasteiger partial charge in [-0.25, -0.2) is 0 Å². The Kier molecular flexibility index (Phi) is 6.11. The molecule has 4 atom stereocenters. The fraction of sp³-hybridized carbons (Fsp3) is 0.769. The first kappa shape index (κ1) is 19.0. The molecule has 0 spiro atoms. The smallest absolute Gasteiger partial charge is 0.319 e. The molecule has 2 N–H and O–H groups in total. The number of nitrogens with one attached hydrogen (secondary N) is 1. The molecule has 2 heterocycles. The molecule has 2 aliphatic heterocycles. The Morgan fingerprint density at radius 2 is 1.79 bits per heavy atom. The summed E-state index contributed by atoms with van der Waals surface area (Å²) in [5.74, 6) is -1.37. The van der Waals surface area contributed by atoms with Crippen molar-refractivity contribution >= 4 is 41.6 Å². The molecule has 1 amide bonds. The second-order valence-corrected chi connectivity index (χ2v) is 6.47. The number of nitrogens with zero attached hydrogens (tertiary/aromatic N) is 3. The van der Waals surface area contributed by atoms with Crippen LogP contribution < -0.4 is 5.32 Å². The van der Waals surface area contributed by atoms with Crippen LogP contribution in [0.5, 0.6) is 0 Å². The predicted molar refractivity (Wildman–Crippen MR) is 88.2 cm³/mol. The van der Waals surface area contributed by atoms with E-state index in [0.717, 1.165) is 0 Å². The first-order chi connectivity index (χ1) is 11.2. The molecule has 6 radical (unpaired) electrons. The minimum atomic E-state index is -1.02. The van der Waals surface area contributed by atoms with Crippen LogP contribution in [0.2, 0.25) is 0 Å². The number of ketones is 1. The topological polar surface area (TPSA) is 93.2 Å². The van der Waals surface area contributed by atoms with Crippen LogP contribution in [0.1, 0.15) is 19.8 Å². The fourth-order valence-electron chi connectivity index (χ4n) is 3.23. The van der Waals surface area contributed by atoms with Crippen molar-refractivity contribution in [2.75, 3.05) is 19.6 Å². The lowest BCUT2D eigenvalue weighted by atomic mass is 10.1. The van der Waals surface area contributed by atoms with Gasteiger partial charge >= 0.3 is 5.97 Å². The van der Waals surface area contributed by atoms with E-state index < -0.39 is 18.1 Å². The van der Waals surface area contributed by atoms with Gasteiger partial charge in [0.05, 0.1) is 12.1 Å². The Morgan fingerprint density at radius 3 is 2.33 bits per heavy atom. The Hall–Kier alpha value is -1.32. The maximum Gasteiger partial charge on any atom is 0.319 e. The number of hydrogen-bond donors (Lipinski definition) is 2.